The van der Waals surface area contributed by atoms with Gasteiger partial charge in [0.25, 0.3) is 0 Å². The van der Waals surface area contributed by atoms with Crippen LogP contribution in [0.1, 0.15) is 23.2 Å². The van der Waals surface area contributed by atoms with Crippen molar-refractivity contribution in [2.45, 2.75) is 30.6 Å². The lowest BCUT2D eigenvalue weighted by atomic mass is 10.1. The third-order valence-electron chi connectivity index (χ3n) is 5.20. The molecule has 1 saturated heterocycles. The number of benzene rings is 2. The first-order chi connectivity index (χ1) is 15.2. The number of nitrogens with zero attached hydrogens (tertiary/aromatic N) is 3. The molecule has 1 unspecified atom stereocenters. The van der Waals surface area contributed by atoms with Crippen LogP contribution in [0.15, 0.2) is 53.7 Å². The normalized spacial score (nSPS) is 15.7. The minimum absolute atomic E-state index is 0.0153. The molecule has 162 valence electrons. The number of carbonyl (C=O) groups is 1. The Morgan fingerprint density at radius 3 is 2.65 bits per heavy atom. The van der Waals surface area contributed by atoms with Gasteiger partial charge in [-0.1, -0.05) is 23.9 Å². The number of rotatable bonds is 9. The van der Waals surface area contributed by atoms with Crippen molar-refractivity contribution in [1.29, 1.82) is 0 Å². The van der Waals surface area contributed by atoms with Crippen LogP contribution in [0.3, 0.4) is 0 Å². The Hall–Kier alpha value is -2.84. The summed E-state index contributed by atoms with van der Waals surface area (Å²) in [6.07, 6.45) is 2.19. The third kappa shape index (κ3) is 5.08. The molecule has 0 spiro atoms. The number of Topliss-reactive ketones (excluding diaryl/α,β-unsaturated/α-hetero) is 1. The van der Waals surface area contributed by atoms with Crippen LogP contribution in [0, 0.1) is 0 Å². The molecular formula is C23H25N3O4S. The van der Waals surface area contributed by atoms with Gasteiger partial charge in [0.05, 0.1) is 32.6 Å². The highest BCUT2D eigenvalue weighted by atomic mass is 32.2. The predicted molar refractivity (Wildman–Crippen MR) is 119 cm³/mol. The van der Waals surface area contributed by atoms with Crippen molar-refractivity contribution in [3.05, 3.63) is 54.1 Å². The van der Waals surface area contributed by atoms with E-state index in [4.69, 9.17) is 14.2 Å². The molecular weight excluding hydrogens is 414 g/mol. The van der Waals surface area contributed by atoms with E-state index in [1.54, 1.807) is 26.4 Å². The van der Waals surface area contributed by atoms with E-state index in [0.29, 0.717) is 23.0 Å². The van der Waals surface area contributed by atoms with Gasteiger partial charge in [0.15, 0.2) is 16.8 Å². The van der Waals surface area contributed by atoms with E-state index in [1.807, 2.05) is 36.4 Å². The maximum Gasteiger partial charge on any atom is 0.192 e. The van der Waals surface area contributed by atoms with Crippen molar-refractivity contribution >= 4 is 17.5 Å². The smallest absolute Gasteiger partial charge is 0.192 e. The van der Waals surface area contributed by atoms with Gasteiger partial charge in [-0.2, -0.15) is 0 Å². The van der Waals surface area contributed by atoms with Crippen molar-refractivity contribution in [2.75, 3.05) is 26.6 Å². The molecule has 1 aliphatic heterocycles. The van der Waals surface area contributed by atoms with Crippen LogP contribution in [0.5, 0.6) is 11.5 Å². The van der Waals surface area contributed by atoms with Gasteiger partial charge >= 0.3 is 0 Å². The molecule has 0 aliphatic carbocycles. The maximum absolute atomic E-state index is 12.7. The molecule has 2 aromatic carbocycles. The topological polar surface area (TPSA) is 75.5 Å². The molecule has 0 saturated carbocycles. The number of carbonyl (C=O) groups excluding carboxylic acids is 1. The molecule has 2 heterocycles. The van der Waals surface area contributed by atoms with E-state index in [2.05, 4.69) is 14.8 Å². The fraction of sp³-hybridized carbons (Fsp3) is 0.348. The Kier molecular flexibility index (Phi) is 6.89. The molecule has 1 aromatic heterocycles. The summed E-state index contributed by atoms with van der Waals surface area (Å²) >= 11 is 1.39. The molecule has 3 aromatic rings. The second-order valence-electron chi connectivity index (χ2n) is 7.22. The predicted octanol–water partition coefficient (Wildman–Crippen LogP) is 4.12. The summed E-state index contributed by atoms with van der Waals surface area (Å²) in [5, 5.41) is 9.52. The zero-order valence-corrected chi connectivity index (χ0v) is 18.4. The highest BCUT2D eigenvalue weighted by Gasteiger charge is 2.22. The Morgan fingerprint density at radius 1 is 1.13 bits per heavy atom. The molecule has 7 nitrogen and oxygen atoms in total. The minimum atomic E-state index is 0.0153. The standard InChI is InChI=1S/C23H25N3O4S/c1-28-18-10-8-16(9-11-18)22-24-25-23(26(22)14-20-7-4-12-30-20)31-15-21(27)17-5-3-6-19(13-17)29-2/h3,5-6,8-11,13,20H,4,7,12,14-15H2,1-2H3. The number of ether oxygens (including phenoxy) is 3. The molecule has 31 heavy (non-hydrogen) atoms. The van der Waals surface area contributed by atoms with Gasteiger partial charge in [-0.25, -0.2) is 0 Å². The van der Waals surface area contributed by atoms with Crippen molar-refractivity contribution in [3.8, 4) is 22.9 Å². The van der Waals surface area contributed by atoms with Gasteiger partial charge in [0.2, 0.25) is 0 Å². The third-order valence-corrected chi connectivity index (χ3v) is 6.17. The van der Waals surface area contributed by atoms with E-state index in [0.717, 1.165) is 36.6 Å². The summed E-state index contributed by atoms with van der Waals surface area (Å²) in [5.74, 6) is 2.49. The van der Waals surface area contributed by atoms with Gasteiger partial charge < -0.3 is 14.2 Å². The van der Waals surface area contributed by atoms with E-state index in [-0.39, 0.29) is 17.6 Å². The van der Waals surface area contributed by atoms with Crippen LogP contribution in [0.25, 0.3) is 11.4 Å². The lowest BCUT2D eigenvalue weighted by Crippen LogP contribution is -2.17. The summed E-state index contributed by atoms with van der Waals surface area (Å²) in [5.41, 5.74) is 1.56. The monoisotopic (exact) mass is 439 g/mol. The van der Waals surface area contributed by atoms with Crippen molar-refractivity contribution < 1.29 is 19.0 Å². The molecule has 4 rings (SSSR count). The lowest BCUT2D eigenvalue weighted by Gasteiger charge is -2.15. The van der Waals surface area contributed by atoms with Crippen molar-refractivity contribution in [2.24, 2.45) is 0 Å². The number of thioether (sulfide) groups is 1. The van der Waals surface area contributed by atoms with Gasteiger partial charge in [-0.15, -0.1) is 10.2 Å². The van der Waals surface area contributed by atoms with Crippen LogP contribution in [-0.2, 0) is 11.3 Å². The Bertz CT molecular complexity index is 1030. The molecule has 1 fully saturated rings. The zero-order chi connectivity index (χ0) is 21.6. The molecule has 0 radical (unpaired) electrons. The summed E-state index contributed by atoms with van der Waals surface area (Å²) in [4.78, 5) is 12.7. The Labute approximate surface area is 185 Å². The van der Waals surface area contributed by atoms with Gasteiger partial charge in [0, 0.05) is 17.7 Å². The molecule has 0 N–H and O–H groups in total. The lowest BCUT2D eigenvalue weighted by molar-refractivity contribution is 0.0953. The molecule has 8 heteroatoms. The Balaban J connectivity index is 1.55. The van der Waals surface area contributed by atoms with E-state index in [1.165, 1.54) is 11.8 Å². The van der Waals surface area contributed by atoms with E-state index >= 15 is 0 Å². The van der Waals surface area contributed by atoms with Gasteiger partial charge in [-0.05, 0) is 49.2 Å². The Morgan fingerprint density at radius 2 is 1.94 bits per heavy atom. The van der Waals surface area contributed by atoms with E-state index < -0.39 is 0 Å². The highest BCUT2D eigenvalue weighted by Crippen LogP contribution is 2.28. The van der Waals surface area contributed by atoms with Crippen LogP contribution in [0.4, 0.5) is 0 Å². The second kappa shape index (κ2) is 9.98. The first-order valence-corrected chi connectivity index (χ1v) is 11.2. The SMILES string of the molecule is COc1ccc(-c2nnc(SCC(=O)c3cccc(OC)c3)n2CC2CCCO2)cc1. The van der Waals surface area contributed by atoms with Crippen molar-refractivity contribution in [3.63, 3.8) is 0 Å². The van der Waals surface area contributed by atoms with Crippen LogP contribution in [0.2, 0.25) is 0 Å². The van der Waals surface area contributed by atoms with E-state index in [9.17, 15) is 4.79 Å². The van der Waals surface area contributed by atoms with Crippen molar-refractivity contribution in [1.82, 2.24) is 14.8 Å². The van der Waals surface area contributed by atoms with Gasteiger partial charge in [-0.3, -0.25) is 9.36 Å². The zero-order valence-electron chi connectivity index (χ0n) is 17.6. The average molecular weight is 440 g/mol. The first kappa shape index (κ1) is 21.4. The average Bonchev–Trinajstić information content (AvgIpc) is 3.48. The van der Waals surface area contributed by atoms with Gasteiger partial charge in [0.1, 0.15) is 11.5 Å². The molecule has 1 atom stereocenters. The minimum Gasteiger partial charge on any atom is -0.497 e. The fourth-order valence-electron chi connectivity index (χ4n) is 3.52. The number of ketones is 1. The summed E-state index contributed by atoms with van der Waals surface area (Å²) < 4.78 is 18.4. The number of aromatic nitrogens is 3. The first-order valence-electron chi connectivity index (χ1n) is 10.2. The molecule has 0 bridgehead atoms. The maximum atomic E-state index is 12.7. The van der Waals surface area contributed by atoms with Crippen LogP contribution >= 0.6 is 11.8 Å². The molecule has 0 amide bonds. The largest absolute Gasteiger partial charge is 0.497 e. The number of hydrogen-bond donors (Lipinski definition) is 0. The number of methoxy groups -OCH3 is 2. The molecule has 1 aliphatic rings. The summed E-state index contributed by atoms with van der Waals surface area (Å²) in [7, 11) is 3.23. The number of hydrogen-bond acceptors (Lipinski definition) is 7. The highest BCUT2D eigenvalue weighted by molar-refractivity contribution is 7.99. The second-order valence-corrected chi connectivity index (χ2v) is 8.17. The quantitative estimate of drug-likeness (QED) is 0.367. The summed E-state index contributed by atoms with van der Waals surface area (Å²) in [6, 6.07) is 14.9. The fourth-order valence-corrected chi connectivity index (χ4v) is 4.36. The van der Waals surface area contributed by atoms with Crippen LogP contribution < -0.4 is 9.47 Å². The van der Waals surface area contributed by atoms with Crippen LogP contribution in [-0.4, -0.2) is 53.2 Å². The summed E-state index contributed by atoms with van der Waals surface area (Å²) in [6.45, 7) is 1.44.